The summed E-state index contributed by atoms with van der Waals surface area (Å²) in [5, 5.41) is -2.55. The lowest BCUT2D eigenvalue weighted by Gasteiger charge is -2.30. The van der Waals surface area contributed by atoms with Crippen LogP contribution in [-0.4, -0.2) is 11.3 Å². The molecule has 234 valence electrons. The molecule has 43 heavy (non-hydrogen) atoms. The summed E-state index contributed by atoms with van der Waals surface area (Å²) in [4.78, 5) is 0. The molecule has 0 aromatic heterocycles. The van der Waals surface area contributed by atoms with E-state index in [2.05, 4.69) is 0 Å². The number of benzene rings is 3. The molecule has 0 amide bonds. The summed E-state index contributed by atoms with van der Waals surface area (Å²) >= 11 is 0. The Morgan fingerprint density at radius 1 is 0.581 bits per heavy atom. The zero-order chi connectivity index (χ0) is 32.3. The molecular formula is C28H22F12OP2. The zero-order valence-corrected chi connectivity index (χ0v) is 24.0. The van der Waals surface area contributed by atoms with Crippen molar-refractivity contribution in [1.82, 2.24) is 0 Å². The van der Waals surface area contributed by atoms with Crippen LogP contribution in [0.1, 0.15) is 48.9 Å². The molecule has 3 aromatic carbocycles. The Bertz CT molecular complexity index is 1400. The zero-order valence-electron chi connectivity index (χ0n) is 22.2. The summed E-state index contributed by atoms with van der Waals surface area (Å²) in [6, 6.07) is 5.15. The minimum atomic E-state index is -5.43. The molecule has 15 heteroatoms. The number of hydrogen-bond acceptors (Lipinski definition) is 1. The van der Waals surface area contributed by atoms with Gasteiger partial charge in [-0.2, -0.15) is 52.7 Å². The molecular weight excluding hydrogens is 642 g/mol. The minimum Gasteiger partial charge on any atom is -0.309 e. The van der Waals surface area contributed by atoms with Crippen molar-refractivity contribution in [3.05, 3.63) is 82.9 Å². The lowest BCUT2D eigenvalue weighted by atomic mass is 10.1. The van der Waals surface area contributed by atoms with Crippen molar-refractivity contribution < 1.29 is 57.3 Å². The number of rotatable bonds is 4. The van der Waals surface area contributed by atoms with E-state index in [4.69, 9.17) is 0 Å². The number of halogens is 12. The second-order valence-electron chi connectivity index (χ2n) is 10.3. The molecule has 3 aromatic rings. The van der Waals surface area contributed by atoms with Gasteiger partial charge < -0.3 is 4.57 Å². The first-order chi connectivity index (χ1) is 19.5. The first kappa shape index (κ1) is 33.4. The quantitative estimate of drug-likeness (QED) is 0.201. The molecule has 1 aliphatic rings. The van der Waals surface area contributed by atoms with Gasteiger partial charge in [-0.15, -0.1) is 0 Å². The smallest absolute Gasteiger partial charge is 0.309 e. The van der Waals surface area contributed by atoms with E-state index < -0.39 is 77.9 Å². The maximum atomic E-state index is 15.3. The summed E-state index contributed by atoms with van der Waals surface area (Å²) in [7, 11) is -6.60. The Kier molecular flexibility index (Phi) is 8.64. The third-order valence-corrected chi connectivity index (χ3v) is 13.9. The van der Waals surface area contributed by atoms with Gasteiger partial charge in [0.25, 0.3) is 0 Å². The predicted molar refractivity (Wildman–Crippen MR) is 141 cm³/mol. The Hall–Kier alpha value is -2.52. The molecule has 4 rings (SSSR count). The fourth-order valence-electron chi connectivity index (χ4n) is 5.29. The van der Waals surface area contributed by atoms with E-state index in [0.717, 1.165) is 6.07 Å². The van der Waals surface area contributed by atoms with Gasteiger partial charge in [0.1, 0.15) is 0 Å². The molecule has 0 unspecified atom stereocenters. The highest BCUT2D eigenvalue weighted by Gasteiger charge is 2.45. The lowest BCUT2D eigenvalue weighted by Crippen LogP contribution is -2.36. The summed E-state index contributed by atoms with van der Waals surface area (Å²) in [6.07, 6.45) is -20.4. The van der Waals surface area contributed by atoms with Crippen LogP contribution in [0, 0.1) is 0 Å². The van der Waals surface area contributed by atoms with E-state index in [-0.39, 0.29) is 53.0 Å². The van der Waals surface area contributed by atoms with Gasteiger partial charge in [0.05, 0.1) is 22.3 Å². The third kappa shape index (κ3) is 6.63. The van der Waals surface area contributed by atoms with E-state index in [1.54, 1.807) is 0 Å². The summed E-state index contributed by atoms with van der Waals surface area (Å²) < 4.78 is 181. The van der Waals surface area contributed by atoms with E-state index >= 15 is 4.57 Å². The highest BCUT2D eigenvalue weighted by Crippen LogP contribution is 2.56. The van der Waals surface area contributed by atoms with Gasteiger partial charge in [0, 0.05) is 15.9 Å². The van der Waals surface area contributed by atoms with Crippen molar-refractivity contribution in [2.75, 3.05) is 0 Å². The highest BCUT2D eigenvalue weighted by molar-refractivity contribution is 7.87. The topological polar surface area (TPSA) is 17.1 Å². The molecule has 0 saturated carbocycles. The van der Waals surface area contributed by atoms with Crippen LogP contribution in [0.3, 0.4) is 0 Å². The van der Waals surface area contributed by atoms with Gasteiger partial charge in [-0.05, 0) is 65.9 Å². The number of hydrogen-bond donors (Lipinski definition) is 0. The average molecular weight is 664 g/mol. The standard InChI is InChI=1S/C28H22F12OP2/c1-15-7-8-16(2)42(15)23-5-3-4-6-24(23)43(41,21-11-17(25(29,30)31)9-18(12-21)26(32,33)34)22-13-19(27(35,36)37)10-20(14-22)28(38,39)40/h3-6,9-16H,7-8H2,1-2H3/t15-,16-/m1/s1. The van der Waals surface area contributed by atoms with E-state index in [9.17, 15) is 52.7 Å². The normalized spacial score (nSPS) is 19.2. The fourth-order valence-corrected chi connectivity index (χ4v) is 12.2. The monoisotopic (exact) mass is 664 g/mol. The molecule has 1 nitrogen and oxygen atoms in total. The molecule has 0 spiro atoms. The van der Waals surface area contributed by atoms with E-state index in [0.29, 0.717) is 12.8 Å². The minimum absolute atomic E-state index is 0.0842. The molecule has 0 N–H and O–H groups in total. The average Bonchev–Trinajstić information content (AvgIpc) is 3.23. The third-order valence-electron chi connectivity index (χ3n) is 7.32. The van der Waals surface area contributed by atoms with Crippen LogP contribution in [0.5, 0.6) is 0 Å². The van der Waals surface area contributed by atoms with Crippen LogP contribution in [0.15, 0.2) is 60.7 Å². The molecule has 0 radical (unpaired) electrons. The van der Waals surface area contributed by atoms with Crippen molar-refractivity contribution in [2.45, 2.75) is 62.7 Å². The van der Waals surface area contributed by atoms with Crippen LogP contribution < -0.4 is 21.2 Å². The maximum absolute atomic E-state index is 15.3. The Balaban J connectivity index is 2.21. The SMILES string of the molecule is C[C@@H]1CC[C@@H](C)P1c1ccccc1P(=O)(c1cc(C(F)(F)F)cc(C(F)(F)F)c1)c1cc(C(F)(F)F)cc(C(F)(F)F)c1. The van der Waals surface area contributed by atoms with Crippen LogP contribution in [0.2, 0.25) is 0 Å². The summed E-state index contributed by atoms with van der Waals surface area (Å²) in [6.45, 7) is 3.66. The lowest BCUT2D eigenvalue weighted by molar-refractivity contribution is -0.144. The Labute approximate surface area is 239 Å². The molecule has 1 aliphatic heterocycles. The van der Waals surface area contributed by atoms with Crippen molar-refractivity contribution in [3.63, 3.8) is 0 Å². The first-order valence-electron chi connectivity index (χ1n) is 12.6. The fraction of sp³-hybridized carbons (Fsp3) is 0.357. The predicted octanol–water partition coefficient (Wildman–Crippen LogP) is 9.08. The van der Waals surface area contributed by atoms with Gasteiger partial charge in [0.2, 0.25) is 0 Å². The van der Waals surface area contributed by atoms with Crippen LogP contribution in [0.25, 0.3) is 0 Å². The molecule has 0 bridgehead atoms. The van der Waals surface area contributed by atoms with Gasteiger partial charge >= 0.3 is 24.7 Å². The molecule has 1 heterocycles. The first-order valence-corrected chi connectivity index (χ1v) is 15.8. The molecule has 1 fully saturated rings. The highest BCUT2D eigenvalue weighted by atomic mass is 31.2. The van der Waals surface area contributed by atoms with Crippen LogP contribution in [0.4, 0.5) is 52.7 Å². The number of alkyl halides is 12. The largest absolute Gasteiger partial charge is 0.416 e. The van der Waals surface area contributed by atoms with Crippen LogP contribution in [-0.2, 0) is 29.3 Å². The van der Waals surface area contributed by atoms with Gasteiger partial charge in [0.15, 0.2) is 7.14 Å². The Morgan fingerprint density at radius 3 is 1.23 bits per heavy atom. The second kappa shape index (κ2) is 11.1. The van der Waals surface area contributed by atoms with Crippen molar-refractivity contribution >= 4 is 36.3 Å². The molecule has 1 saturated heterocycles. The summed E-state index contributed by atoms with van der Waals surface area (Å²) in [5.41, 5.74) is -7.81. The van der Waals surface area contributed by atoms with Crippen molar-refractivity contribution in [3.8, 4) is 0 Å². The molecule has 0 aliphatic carbocycles. The van der Waals surface area contributed by atoms with Crippen molar-refractivity contribution in [2.24, 2.45) is 0 Å². The van der Waals surface area contributed by atoms with Gasteiger partial charge in [-0.25, -0.2) is 0 Å². The van der Waals surface area contributed by atoms with Gasteiger partial charge in [-0.1, -0.05) is 46.0 Å². The summed E-state index contributed by atoms with van der Waals surface area (Å²) in [5.74, 6) is 0. The van der Waals surface area contributed by atoms with E-state index in [1.165, 1.54) is 18.2 Å². The Morgan fingerprint density at radius 2 is 0.907 bits per heavy atom. The maximum Gasteiger partial charge on any atom is 0.416 e. The second-order valence-corrected chi connectivity index (χ2v) is 16.1. The van der Waals surface area contributed by atoms with Crippen LogP contribution >= 0.6 is 15.1 Å². The van der Waals surface area contributed by atoms with E-state index in [1.807, 2.05) is 13.8 Å². The van der Waals surface area contributed by atoms with Crippen molar-refractivity contribution in [1.29, 1.82) is 0 Å². The molecule has 2 atom stereocenters. The van der Waals surface area contributed by atoms with Gasteiger partial charge in [-0.3, -0.25) is 0 Å².